The van der Waals surface area contributed by atoms with Gasteiger partial charge in [-0.1, -0.05) is 27.7 Å². The number of rotatable bonds is 5. The molecule has 178 valence electrons. The van der Waals surface area contributed by atoms with E-state index in [1.54, 1.807) is 0 Å². The third kappa shape index (κ3) is 4.88. The summed E-state index contributed by atoms with van der Waals surface area (Å²) in [6.45, 7) is 12.2. The molecular formula is C22H29F3O6Si. The van der Waals surface area contributed by atoms with Gasteiger partial charge in [0.2, 0.25) is 6.29 Å². The number of aliphatic hydroxyl groups is 1. The zero-order chi connectivity index (χ0) is 24.1. The molecule has 2 heterocycles. The van der Waals surface area contributed by atoms with Crippen molar-refractivity contribution in [1.29, 1.82) is 0 Å². The highest BCUT2D eigenvalue weighted by molar-refractivity contribution is 6.74. The Labute approximate surface area is 185 Å². The molecule has 1 aliphatic heterocycles. The Morgan fingerprint density at radius 2 is 1.81 bits per heavy atom. The number of benzene rings is 1. The molecule has 32 heavy (non-hydrogen) atoms. The minimum atomic E-state index is -4.69. The summed E-state index contributed by atoms with van der Waals surface area (Å²) in [5.41, 5.74) is -2.40. The molecule has 1 aromatic carbocycles. The molecule has 1 aromatic heterocycles. The molecule has 0 radical (unpaired) electrons. The molecule has 0 aliphatic carbocycles. The standard InChI is InChI=1S/C22H29F3O6Si/c1-12-19(31-32(5,6)21(2,3)4)17(11-26)30-20(12)28-13-7-8-14-15(22(23,24)25)10-18(27)29-16(14)9-13/h7-10,12,17,19-20,26H,11H2,1-6H3/t12?,17-,19+,20+/m1/s1. The molecule has 1 fully saturated rings. The van der Waals surface area contributed by atoms with Gasteiger partial charge in [-0.2, -0.15) is 13.2 Å². The Hall–Kier alpha value is -1.88. The first-order valence-electron chi connectivity index (χ1n) is 10.4. The Kier molecular flexibility index (Phi) is 6.56. The second kappa shape index (κ2) is 8.47. The molecule has 1 N–H and O–H groups in total. The fourth-order valence-corrected chi connectivity index (χ4v) is 4.83. The van der Waals surface area contributed by atoms with E-state index in [0.29, 0.717) is 6.07 Å². The van der Waals surface area contributed by atoms with Gasteiger partial charge in [0.15, 0.2) is 8.32 Å². The highest BCUT2D eigenvalue weighted by atomic mass is 28.4. The number of alkyl halides is 3. The summed E-state index contributed by atoms with van der Waals surface area (Å²) in [5.74, 6) is -0.0769. The molecular weight excluding hydrogens is 445 g/mol. The Morgan fingerprint density at radius 3 is 2.38 bits per heavy atom. The maximum absolute atomic E-state index is 13.3. The van der Waals surface area contributed by atoms with Crippen LogP contribution in [0.3, 0.4) is 0 Å². The Morgan fingerprint density at radius 1 is 1.16 bits per heavy atom. The summed E-state index contributed by atoms with van der Waals surface area (Å²) in [5, 5.41) is 9.53. The number of aliphatic hydroxyl groups excluding tert-OH is 1. The Balaban J connectivity index is 1.86. The van der Waals surface area contributed by atoms with Crippen LogP contribution >= 0.6 is 0 Å². The summed E-state index contributed by atoms with van der Waals surface area (Å²) in [7, 11) is -2.16. The van der Waals surface area contributed by atoms with Crippen molar-refractivity contribution in [2.45, 2.75) is 70.5 Å². The van der Waals surface area contributed by atoms with Crippen molar-refractivity contribution in [3.8, 4) is 5.75 Å². The Bertz CT molecular complexity index is 1030. The zero-order valence-electron chi connectivity index (χ0n) is 18.9. The van der Waals surface area contributed by atoms with Crippen molar-refractivity contribution in [2.24, 2.45) is 5.92 Å². The van der Waals surface area contributed by atoms with E-state index in [4.69, 9.17) is 18.3 Å². The predicted octanol–water partition coefficient (Wildman–Crippen LogP) is 4.93. The number of fused-ring (bicyclic) bond motifs is 1. The van der Waals surface area contributed by atoms with Crippen molar-refractivity contribution in [1.82, 2.24) is 0 Å². The van der Waals surface area contributed by atoms with Crippen molar-refractivity contribution in [2.75, 3.05) is 6.61 Å². The van der Waals surface area contributed by atoms with Crippen molar-refractivity contribution in [3.63, 3.8) is 0 Å². The van der Waals surface area contributed by atoms with Crippen LogP contribution in [0.4, 0.5) is 13.2 Å². The van der Waals surface area contributed by atoms with E-state index in [1.807, 2.05) is 6.92 Å². The van der Waals surface area contributed by atoms with Crippen LogP contribution in [0.15, 0.2) is 33.5 Å². The quantitative estimate of drug-likeness (QED) is 0.489. The lowest BCUT2D eigenvalue weighted by Crippen LogP contribution is -2.48. The summed E-state index contributed by atoms with van der Waals surface area (Å²) in [6, 6.07) is 4.23. The first-order valence-corrected chi connectivity index (χ1v) is 13.3. The lowest BCUT2D eigenvalue weighted by Gasteiger charge is -2.40. The minimum absolute atomic E-state index is 0.0439. The molecule has 4 atom stereocenters. The highest BCUT2D eigenvalue weighted by Crippen LogP contribution is 2.42. The SMILES string of the molecule is CC1[C@@H](Oc2ccc3c(C(F)(F)F)cc(=O)oc3c2)O[C@H](CO)[C@H]1O[Si](C)(C)C(C)(C)C. The number of halogens is 3. The third-order valence-electron chi connectivity index (χ3n) is 6.31. The smallest absolute Gasteiger partial charge is 0.417 e. The van der Waals surface area contributed by atoms with Gasteiger partial charge in [0, 0.05) is 23.4 Å². The van der Waals surface area contributed by atoms with Gasteiger partial charge in [0.25, 0.3) is 0 Å². The van der Waals surface area contributed by atoms with Gasteiger partial charge in [-0.05, 0) is 30.3 Å². The zero-order valence-corrected chi connectivity index (χ0v) is 19.9. The molecule has 1 unspecified atom stereocenters. The van der Waals surface area contributed by atoms with Crippen LogP contribution in [-0.2, 0) is 15.3 Å². The fraction of sp³-hybridized carbons (Fsp3) is 0.591. The lowest BCUT2D eigenvalue weighted by molar-refractivity contribution is -0.136. The van der Waals surface area contributed by atoms with Gasteiger partial charge >= 0.3 is 11.8 Å². The van der Waals surface area contributed by atoms with Crippen LogP contribution in [0.25, 0.3) is 11.0 Å². The maximum atomic E-state index is 13.3. The summed E-state index contributed by atoms with van der Waals surface area (Å²) in [6.07, 6.45) is -6.49. The molecule has 0 spiro atoms. The fourth-order valence-electron chi connectivity index (χ4n) is 3.43. The summed E-state index contributed by atoms with van der Waals surface area (Å²) < 4.78 is 62.9. The van der Waals surface area contributed by atoms with Crippen LogP contribution in [0.5, 0.6) is 5.75 Å². The molecule has 0 saturated carbocycles. The van der Waals surface area contributed by atoms with Gasteiger partial charge < -0.3 is 23.4 Å². The van der Waals surface area contributed by atoms with Gasteiger partial charge in [0.1, 0.15) is 17.4 Å². The summed E-state index contributed by atoms with van der Waals surface area (Å²) in [4.78, 5) is 11.6. The molecule has 0 amide bonds. The normalized spacial score (nSPS) is 24.8. The lowest BCUT2D eigenvalue weighted by atomic mass is 10.0. The third-order valence-corrected chi connectivity index (χ3v) is 10.8. The van der Waals surface area contributed by atoms with Crippen LogP contribution < -0.4 is 10.4 Å². The van der Waals surface area contributed by atoms with E-state index in [2.05, 4.69) is 33.9 Å². The average molecular weight is 475 g/mol. The first-order chi connectivity index (χ1) is 14.6. The molecule has 0 bridgehead atoms. The molecule has 2 aromatic rings. The molecule has 3 rings (SSSR count). The molecule has 1 saturated heterocycles. The average Bonchev–Trinajstić information content (AvgIpc) is 2.94. The van der Waals surface area contributed by atoms with E-state index in [9.17, 15) is 23.1 Å². The monoisotopic (exact) mass is 474 g/mol. The highest BCUT2D eigenvalue weighted by Gasteiger charge is 2.49. The first kappa shape index (κ1) is 24.8. The second-order valence-corrected chi connectivity index (χ2v) is 14.4. The van der Waals surface area contributed by atoms with E-state index >= 15 is 0 Å². The van der Waals surface area contributed by atoms with E-state index in [-0.39, 0.29) is 34.3 Å². The largest absolute Gasteiger partial charge is 0.464 e. The van der Waals surface area contributed by atoms with E-state index < -0.39 is 44.2 Å². The van der Waals surface area contributed by atoms with Crippen molar-refractivity contribution < 1.29 is 36.6 Å². The molecule has 1 aliphatic rings. The molecule has 10 heteroatoms. The van der Waals surface area contributed by atoms with Gasteiger partial charge in [0.05, 0.1) is 18.3 Å². The second-order valence-electron chi connectivity index (χ2n) is 9.68. The van der Waals surface area contributed by atoms with Gasteiger partial charge in [-0.15, -0.1) is 0 Å². The number of hydrogen-bond acceptors (Lipinski definition) is 6. The number of ether oxygens (including phenoxy) is 2. The van der Waals surface area contributed by atoms with E-state index in [1.165, 1.54) is 18.2 Å². The van der Waals surface area contributed by atoms with Crippen LogP contribution in [0, 0.1) is 5.92 Å². The van der Waals surface area contributed by atoms with Crippen LogP contribution in [0.1, 0.15) is 33.3 Å². The maximum Gasteiger partial charge on any atom is 0.417 e. The minimum Gasteiger partial charge on any atom is -0.464 e. The van der Waals surface area contributed by atoms with E-state index in [0.717, 1.165) is 0 Å². The van der Waals surface area contributed by atoms with Crippen LogP contribution in [-0.4, -0.2) is 38.5 Å². The summed E-state index contributed by atoms with van der Waals surface area (Å²) >= 11 is 0. The van der Waals surface area contributed by atoms with Crippen LogP contribution in [0.2, 0.25) is 18.1 Å². The van der Waals surface area contributed by atoms with Gasteiger partial charge in [-0.25, -0.2) is 4.79 Å². The molecule has 6 nitrogen and oxygen atoms in total. The number of hydrogen-bond donors (Lipinski definition) is 1. The van der Waals surface area contributed by atoms with Crippen molar-refractivity contribution >= 4 is 19.3 Å². The van der Waals surface area contributed by atoms with Gasteiger partial charge in [-0.3, -0.25) is 0 Å². The topological polar surface area (TPSA) is 78.1 Å². The van der Waals surface area contributed by atoms with Crippen molar-refractivity contribution in [3.05, 3.63) is 40.2 Å². The predicted molar refractivity (Wildman–Crippen MR) is 115 cm³/mol.